The molecule has 1 fully saturated rings. The molecule has 0 amide bonds. The second-order valence-electron chi connectivity index (χ2n) is 4.90. The van der Waals surface area contributed by atoms with E-state index in [1.807, 2.05) is 31.2 Å². The van der Waals surface area contributed by atoms with E-state index < -0.39 is 0 Å². The van der Waals surface area contributed by atoms with Crippen molar-refractivity contribution in [2.45, 2.75) is 19.4 Å². The first-order valence-electron chi connectivity index (χ1n) is 6.50. The monoisotopic (exact) mass is 255 g/mol. The van der Waals surface area contributed by atoms with E-state index in [-0.39, 0.29) is 6.04 Å². The van der Waals surface area contributed by atoms with Crippen molar-refractivity contribution in [3.05, 3.63) is 36.2 Å². The standard InChI is InChI=1S/C14H17N5/c1-10-8-13(12-4-2-3-6-16-12)18-14(17-10)19-7-5-11(15)9-19/h2-4,6,8,11H,5,7,9,15H2,1H3. The van der Waals surface area contributed by atoms with Crippen LogP contribution in [0.3, 0.4) is 0 Å². The van der Waals surface area contributed by atoms with E-state index in [2.05, 4.69) is 19.9 Å². The summed E-state index contributed by atoms with van der Waals surface area (Å²) in [5, 5.41) is 0. The molecule has 2 aromatic heterocycles. The van der Waals surface area contributed by atoms with E-state index in [0.29, 0.717) is 0 Å². The van der Waals surface area contributed by atoms with Crippen molar-refractivity contribution >= 4 is 5.95 Å². The molecule has 2 aromatic rings. The summed E-state index contributed by atoms with van der Waals surface area (Å²) in [6.07, 6.45) is 2.77. The predicted molar refractivity (Wildman–Crippen MR) is 74.8 cm³/mol. The number of aromatic nitrogens is 3. The highest BCUT2D eigenvalue weighted by atomic mass is 15.3. The molecule has 19 heavy (non-hydrogen) atoms. The minimum atomic E-state index is 0.224. The largest absolute Gasteiger partial charge is 0.339 e. The Morgan fingerprint density at radius 3 is 2.84 bits per heavy atom. The Hall–Kier alpha value is -2.01. The second-order valence-corrected chi connectivity index (χ2v) is 4.90. The fourth-order valence-corrected chi connectivity index (χ4v) is 2.31. The molecule has 5 heteroatoms. The second kappa shape index (κ2) is 4.93. The predicted octanol–water partition coefficient (Wildman–Crippen LogP) is 1.38. The summed E-state index contributed by atoms with van der Waals surface area (Å²) in [6.45, 7) is 3.73. The van der Waals surface area contributed by atoms with Crippen LogP contribution in [0, 0.1) is 6.92 Å². The Balaban J connectivity index is 1.97. The zero-order chi connectivity index (χ0) is 13.2. The molecule has 5 nitrogen and oxygen atoms in total. The van der Waals surface area contributed by atoms with Crippen LogP contribution in [0.15, 0.2) is 30.5 Å². The summed E-state index contributed by atoms with van der Waals surface area (Å²) < 4.78 is 0. The first-order chi connectivity index (χ1) is 9.22. The summed E-state index contributed by atoms with van der Waals surface area (Å²) in [6, 6.07) is 8.01. The fraction of sp³-hybridized carbons (Fsp3) is 0.357. The Kier molecular flexibility index (Phi) is 3.13. The number of pyridine rings is 1. The van der Waals surface area contributed by atoms with Crippen LogP contribution in [-0.2, 0) is 0 Å². The van der Waals surface area contributed by atoms with Crippen LogP contribution < -0.4 is 10.6 Å². The van der Waals surface area contributed by atoms with Gasteiger partial charge in [-0.3, -0.25) is 4.98 Å². The Labute approximate surface area is 112 Å². The average Bonchev–Trinajstić information content (AvgIpc) is 2.86. The van der Waals surface area contributed by atoms with Crippen LogP contribution in [0.1, 0.15) is 12.1 Å². The molecule has 0 bridgehead atoms. The molecule has 3 rings (SSSR count). The molecular weight excluding hydrogens is 238 g/mol. The third kappa shape index (κ3) is 2.56. The number of rotatable bonds is 2. The summed E-state index contributed by atoms with van der Waals surface area (Å²) in [5.41, 5.74) is 8.63. The molecule has 2 N–H and O–H groups in total. The number of hydrogen-bond donors (Lipinski definition) is 1. The lowest BCUT2D eigenvalue weighted by atomic mass is 10.2. The molecule has 98 valence electrons. The smallest absolute Gasteiger partial charge is 0.226 e. The molecule has 0 aromatic carbocycles. The van der Waals surface area contributed by atoms with Crippen LogP contribution in [-0.4, -0.2) is 34.1 Å². The Bertz CT molecular complexity index is 569. The van der Waals surface area contributed by atoms with E-state index in [9.17, 15) is 0 Å². The zero-order valence-corrected chi connectivity index (χ0v) is 11.0. The molecule has 0 aliphatic carbocycles. The van der Waals surface area contributed by atoms with Crippen molar-refractivity contribution in [2.24, 2.45) is 5.73 Å². The highest BCUT2D eigenvalue weighted by Gasteiger charge is 2.22. The van der Waals surface area contributed by atoms with Gasteiger partial charge in [0.15, 0.2) is 0 Å². The van der Waals surface area contributed by atoms with Crippen molar-refractivity contribution in [1.82, 2.24) is 15.0 Å². The van der Waals surface area contributed by atoms with Gasteiger partial charge in [0.25, 0.3) is 0 Å². The normalized spacial score (nSPS) is 18.8. The van der Waals surface area contributed by atoms with Gasteiger partial charge in [-0.1, -0.05) is 6.07 Å². The maximum atomic E-state index is 5.94. The summed E-state index contributed by atoms with van der Waals surface area (Å²) in [5.74, 6) is 0.758. The lowest BCUT2D eigenvalue weighted by Crippen LogP contribution is -2.27. The summed E-state index contributed by atoms with van der Waals surface area (Å²) >= 11 is 0. The molecule has 1 atom stereocenters. The summed E-state index contributed by atoms with van der Waals surface area (Å²) in [7, 11) is 0. The van der Waals surface area contributed by atoms with Crippen LogP contribution in [0.4, 0.5) is 5.95 Å². The lowest BCUT2D eigenvalue weighted by molar-refractivity contribution is 0.750. The van der Waals surface area contributed by atoms with Crippen molar-refractivity contribution in [2.75, 3.05) is 18.0 Å². The SMILES string of the molecule is Cc1cc(-c2ccccn2)nc(N2CCC(N)C2)n1. The Morgan fingerprint density at radius 1 is 1.26 bits per heavy atom. The highest BCUT2D eigenvalue weighted by molar-refractivity contribution is 5.56. The van der Waals surface area contributed by atoms with E-state index in [4.69, 9.17) is 5.73 Å². The highest BCUT2D eigenvalue weighted by Crippen LogP contribution is 2.21. The maximum absolute atomic E-state index is 5.94. The van der Waals surface area contributed by atoms with Gasteiger partial charge in [-0.15, -0.1) is 0 Å². The third-order valence-electron chi connectivity index (χ3n) is 3.28. The van der Waals surface area contributed by atoms with Gasteiger partial charge in [-0.25, -0.2) is 9.97 Å². The molecule has 1 unspecified atom stereocenters. The first-order valence-corrected chi connectivity index (χ1v) is 6.50. The molecule has 0 saturated carbocycles. The van der Waals surface area contributed by atoms with E-state index >= 15 is 0 Å². The van der Waals surface area contributed by atoms with Crippen molar-refractivity contribution < 1.29 is 0 Å². The van der Waals surface area contributed by atoms with Crippen LogP contribution >= 0.6 is 0 Å². The zero-order valence-electron chi connectivity index (χ0n) is 11.0. The number of anilines is 1. The van der Waals surface area contributed by atoms with E-state index in [0.717, 1.165) is 42.5 Å². The lowest BCUT2D eigenvalue weighted by Gasteiger charge is -2.16. The summed E-state index contributed by atoms with van der Waals surface area (Å²) in [4.78, 5) is 15.6. The average molecular weight is 255 g/mol. The van der Waals surface area contributed by atoms with Crippen molar-refractivity contribution in [3.63, 3.8) is 0 Å². The minimum absolute atomic E-state index is 0.224. The number of aryl methyl sites for hydroxylation is 1. The number of nitrogens with zero attached hydrogens (tertiary/aromatic N) is 4. The minimum Gasteiger partial charge on any atom is -0.339 e. The van der Waals surface area contributed by atoms with Gasteiger partial charge in [0.1, 0.15) is 0 Å². The topological polar surface area (TPSA) is 67.9 Å². The third-order valence-corrected chi connectivity index (χ3v) is 3.28. The van der Waals surface area contributed by atoms with Gasteiger partial charge >= 0.3 is 0 Å². The fourth-order valence-electron chi connectivity index (χ4n) is 2.31. The number of nitrogens with two attached hydrogens (primary N) is 1. The van der Waals surface area contributed by atoms with Gasteiger partial charge in [0, 0.05) is 31.0 Å². The first kappa shape index (κ1) is 12.0. The molecule has 1 aliphatic rings. The van der Waals surface area contributed by atoms with Crippen LogP contribution in [0.25, 0.3) is 11.4 Å². The van der Waals surface area contributed by atoms with Gasteiger partial charge in [0.05, 0.1) is 11.4 Å². The molecule has 1 aliphatic heterocycles. The molecule has 0 spiro atoms. The van der Waals surface area contributed by atoms with E-state index in [1.54, 1.807) is 6.20 Å². The van der Waals surface area contributed by atoms with Gasteiger partial charge in [-0.05, 0) is 31.5 Å². The number of hydrogen-bond acceptors (Lipinski definition) is 5. The Morgan fingerprint density at radius 2 is 2.16 bits per heavy atom. The molecular formula is C14H17N5. The van der Waals surface area contributed by atoms with Crippen LogP contribution in [0.2, 0.25) is 0 Å². The molecule has 0 radical (unpaired) electrons. The molecule has 3 heterocycles. The van der Waals surface area contributed by atoms with Gasteiger partial charge < -0.3 is 10.6 Å². The van der Waals surface area contributed by atoms with Gasteiger partial charge in [0.2, 0.25) is 5.95 Å². The van der Waals surface area contributed by atoms with Crippen LogP contribution in [0.5, 0.6) is 0 Å². The van der Waals surface area contributed by atoms with Crippen molar-refractivity contribution in [3.8, 4) is 11.4 Å². The van der Waals surface area contributed by atoms with E-state index in [1.165, 1.54) is 0 Å². The van der Waals surface area contributed by atoms with Crippen molar-refractivity contribution in [1.29, 1.82) is 0 Å². The molecule has 1 saturated heterocycles. The van der Waals surface area contributed by atoms with Gasteiger partial charge in [-0.2, -0.15) is 0 Å². The quantitative estimate of drug-likeness (QED) is 0.878. The maximum Gasteiger partial charge on any atom is 0.226 e.